The largest absolute Gasteiger partial charge is 0.488 e. The lowest BCUT2D eigenvalue weighted by molar-refractivity contribution is 0.0996. The first kappa shape index (κ1) is 13.8. The molecular formula is C16H14N4O2. The number of hydrogen-bond acceptors (Lipinski definition) is 4. The van der Waals surface area contributed by atoms with Gasteiger partial charge in [0.15, 0.2) is 5.69 Å². The Morgan fingerprint density at radius 2 is 1.77 bits per heavy atom. The molecule has 6 heteroatoms. The van der Waals surface area contributed by atoms with Crippen molar-refractivity contribution < 1.29 is 9.53 Å². The van der Waals surface area contributed by atoms with Crippen LogP contribution in [0.3, 0.4) is 0 Å². The Balaban J connectivity index is 1.90. The second-order valence-corrected chi connectivity index (χ2v) is 4.66. The van der Waals surface area contributed by atoms with Gasteiger partial charge < -0.3 is 10.5 Å². The number of nitrogens with one attached hydrogen (secondary N) is 1. The number of amides is 1. The summed E-state index contributed by atoms with van der Waals surface area (Å²) in [5, 5.41) is 10.2. The average Bonchev–Trinajstić information content (AvgIpc) is 3.04. The number of nitrogens with zero attached hydrogens (tertiary/aromatic N) is 2. The second kappa shape index (κ2) is 6.09. The molecule has 3 N–H and O–H groups in total. The van der Waals surface area contributed by atoms with Gasteiger partial charge in [-0.2, -0.15) is 15.4 Å². The summed E-state index contributed by atoms with van der Waals surface area (Å²) >= 11 is 0. The maximum Gasteiger partial charge on any atom is 0.271 e. The Hall–Kier alpha value is -3.15. The van der Waals surface area contributed by atoms with Crippen molar-refractivity contribution in [1.29, 1.82) is 0 Å². The van der Waals surface area contributed by atoms with Crippen LogP contribution in [0, 0.1) is 0 Å². The molecule has 110 valence electrons. The minimum atomic E-state index is -0.637. The smallest absolute Gasteiger partial charge is 0.271 e. The third-order valence-corrected chi connectivity index (χ3v) is 3.16. The molecule has 1 heterocycles. The molecule has 1 amide bonds. The van der Waals surface area contributed by atoms with Crippen LogP contribution >= 0.6 is 0 Å². The van der Waals surface area contributed by atoms with E-state index in [4.69, 9.17) is 10.5 Å². The fourth-order valence-electron chi connectivity index (χ4n) is 2.11. The summed E-state index contributed by atoms with van der Waals surface area (Å²) in [7, 11) is 0. The first-order chi connectivity index (χ1) is 10.8. The van der Waals surface area contributed by atoms with E-state index >= 15 is 0 Å². The summed E-state index contributed by atoms with van der Waals surface area (Å²) in [6, 6.07) is 17.1. The quantitative estimate of drug-likeness (QED) is 0.754. The zero-order chi connectivity index (χ0) is 15.4. The maximum atomic E-state index is 11.4. The third kappa shape index (κ3) is 2.80. The number of H-pyrrole nitrogens is 1. The van der Waals surface area contributed by atoms with Crippen LogP contribution < -0.4 is 10.5 Å². The van der Waals surface area contributed by atoms with E-state index in [1.807, 2.05) is 54.6 Å². The number of hydrogen-bond donors (Lipinski definition) is 2. The molecule has 22 heavy (non-hydrogen) atoms. The van der Waals surface area contributed by atoms with Crippen molar-refractivity contribution in [3.8, 4) is 17.0 Å². The van der Waals surface area contributed by atoms with Crippen molar-refractivity contribution in [3.63, 3.8) is 0 Å². The van der Waals surface area contributed by atoms with Gasteiger partial charge in [0.2, 0.25) is 0 Å². The predicted octanol–water partition coefficient (Wildman–Crippen LogP) is 2.15. The highest BCUT2D eigenvalue weighted by Gasteiger charge is 2.18. The lowest BCUT2D eigenvalue weighted by atomic mass is 10.1. The minimum Gasteiger partial charge on any atom is -0.488 e. The van der Waals surface area contributed by atoms with E-state index < -0.39 is 5.91 Å². The zero-order valence-electron chi connectivity index (χ0n) is 11.7. The van der Waals surface area contributed by atoms with Crippen LogP contribution in [0.1, 0.15) is 16.1 Å². The van der Waals surface area contributed by atoms with Gasteiger partial charge in [0, 0.05) is 5.56 Å². The van der Waals surface area contributed by atoms with Gasteiger partial charge in [-0.05, 0) is 17.7 Å². The second-order valence-electron chi connectivity index (χ2n) is 4.66. The Morgan fingerprint density at radius 3 is 2.55 bits per heavy atom. The van der Waals surface area contributed by atoms with E-state index in [1.54, 1.807) is 0 Å². The Labute approximate surface area is 126 Å². The number of carbonyl (C=O) groups is 1. The van der Waals surface area contributed by atoms with Gasteiger partial charge in [0.25, 0.3) is 5.91 Å². The number of primary amides is 1. The molecule has 0 unspecified atom stereocenters. The molecule has 3 aromatic rings. The molecule has 0 saturated carbocycles. The van der Waals surface area contributed by atoms with E-state index in [9.17, 15) is 4.79 Å². The molecular weight excluding hydrogens is 280 g/mol. The van der Waals surface area contributed by atoms with Crippen molar-refractivity contribution in [3.05, 3.63) is 65.9 Å². The van der Waals surface area contributed by atoms with Crippen molar-refractivity contribution >= 4 is 5.91 Å². The van der Waals surface area contributed by atoms with Gasteiger partial charge in [0.05, 0.1) is 0 Å². The normalized spacial score (nSPS) is 10.4. The number of rotatable bonds is 5. The van der Waals surface area contributed by atoms with E-state index in [0.29, 0.717) is 23.6 Å². The highest BCUT2D eigenvalue weighted by atomic mass is 16.5. The van der Waals surface area contributed by atoms with E-state index in [-0.39, 0.29) is 5.69 Å². The number of nitrogens with two attached hydrogens (primary N) is 1. The summed E-state index contributed by atoms with van der Waals surface area (Å²) in [5.41, 5.74) is 7.50. The topological polar surface area (TPSA) is 93.9 Å². The Bertz CT molecular complexity index is 784. The van der Waals surface area contributed by atoms with Crippen molar-refractivity contribution in [2.24, 2.45) is 5.73 Å². The van der Waals surface area contributed by atoms with Gasteiger partial charge >= 0.3 is 0 Å². The molecule has 0 atom stereocenters. The number of aromatic amines is 1. The molecule has 0 fully saturated rings. The fourth-order valence-corrected chi connectivity index (χ4v) is 2.11. The van der Waals surface area contributed by atoms with Crippen LogP contribution in [0.5, 0.6) is 5.75 Å². The number of para-hydroxylation sites is 1. The number of benzene rings is 2. The zero-order valence-corrected chi connectivity index (χ0v) is 11.7. The molecule has 0 aliphatic rings. The number of ether oxygens (including phenoxy) is 1. The first-order valence-electron chi connectivity index (χ1n) is 6.72. The van der Waals surface area contributed by atoms with Gasteiger partial charge in [-0.15, -0.1) is 0 Å². The standard InChI is InChI=1S/C16H14N4O2/c17-16(21)15-14(18-20-19-15)12-8-4-5-9-13(12)22-10-11-6-2-1-3-7-11/h1-9H,10H2,(H2,17,21)(H,18,19,20). The highest BCUT2D eigenvalue weighted by Crippen LogP contribution is 2.30. The minimum absolute atomic E-state index is 0.0933. The summed E-state index contributed by atoms with van der Waals surface area (Å²) in [6.45, 7) is 0.418. The van der Waals surface area contributed by atoms with Gasteiger partial charge in [-0.25, -0.2) is 0 Å². The maximum absolute atomic E-state index is 11.4. The molecule has 2 aromatic carbocycles. The molecule has 0 saturated heterocycles. The van der Waals surface area contributed by atoms with Crippen LogP contribution in [0.25, 0.3) is 11.3 Å². The van der Waals surface area contributed by atoms with Crippen LogP contribution in [0.4, 0.5) is 0 Å². The predicted molar refractivity (Wildman–Crippen MR) is 81.1 cm³/mol. The highest BCUT2D eigenvalue weighted by molar-refractivity contribution is 5.97. The summed E-state index contributed by atoms with van der Waals surface area (Å²) in [4.78, 5) is 11.4. The Morgan fingerprint density at radius 1 is 1.05 bits per heavy atom. The van der Waals surface area contributed by atoms with Crippen LogP contribution in [-0.2, 0) is 6.61 Å². The summed E-state index contributed by atoms with van der Waals surface area (Å²) < 4.78 is 5.85. The SMILES string of the molecule is NC(=O)c1n[nH]nc1-c1ccccc1OCc1ccccc1. The van der Waals surface area contributed by atoms with Gasteiger partial charge in [-0.1, -0.05) is 42.5 Å². The van der Waals surface area contributed by atoms with Gasteiger partial charge in [-0.3, -0.25) is 4.79 Å². The molecule has 0 radical (unpaired) electrons. The molecule has 6 nitrogen and oxygen atoms in total. The van der Waals surface area contributed by atoms with E-state index in [1.165, 1.54) is 0 Å². The van der Waals surface area contributed by atoms with E-state index in [2.05, 4.69) is 15.4 Å². The molecule has 1 aromatic heterocycles. The van der Waals surface area contributed by atoms with Crippen molar-refractivity contribution in [1.82, 2.24) is 15.4 Å². The molecule has 0 aliphatic carbocycles. The number of aromatic nitrogens is 3. The lowest BCUT2D eigenvalue weighted by Crippen LogP contribution is -2.13. The van der Waals surface area contributed by atoms with E-state index in [0.717, 1.165) is 5.56 Å². The molecule has 0 aliphatic heterocycles. The summed E-state index contributed by atoms with van der Waals surface area (Å²) in [5.74, 6) is -0.0237. The third-order valence-electron chi connectivity index (χ3n) is 3.16. The van der Waals surface area contributed by atoms with Crippen molar-refractivity contribution in [2.45, 2.75) is 6.61 Å². The van der Waals surface area contributed by atoms with Gasteiger partial charge in [0.1, 0.15) is 18.1 Å². The Kier molecular flexibility index (Phi) is 3.82. The van der Waals surface area contributed by atoms with Crippen LogP contribution in [0.15, 0.2) is 54.6 Å². The van der Waals surface area contributed by atoms with Crippen LogP contribution in [-0.4, -0.2) is 21.3 Å². The molecule has 3 rings (SSSR count). The number of carbonyl (C=O) groups excluding carboxylic acids is 1. The monoisotopic (exact) mass is 294 g/mol. The molecule has 0 spiro atoms. The van der Waals surface area contributed by atoms with Crippen molar-refractivity contribution in [2.75, 3.05) is 0 Å². The average molecular weight is 294 g/mol. The first-order valence-corrected chi connectivity index (χ1v) is 6.72. The lowest BCUT2D eigenvalue weighted by Gasteiger charge is -2.10. The molecule has 0 bridgehead atoms. The summed E-state index contributed by atoms with van der Waals surface area (Å²) in [6.07, 6.45) is 0. The fraction of sp³-hybridized carbons (Fsp3) is 0.0625. The van der Waals surface area contributed by atoms with Crippen LogP contribution in [0.2, 0.25) is 0 Å².